The molecular formula is C21H27NO7. The third-order valence-corrected chi connectivity index (χ3v) is 4.11. The number of carbonyl (C=O) groups is 1. The van der Waals surface area contributed by atoms with E-state index in [4.69, 9.17) is 23.7 Å². The zero-order valence-corrected chi connectivity index (χ0v) is 16.9. The van der Waals surface area contributed by atoms with Gasteiger partial charge in [-0.05, 0) is 41.8 Å². The second kappa shape index (κ2) is 11.8. The molecule has 0 aromatic heterocycles. The molecule has 158 valence electrons. The largest absolute Gasteiger partial charge is 0.508 e. The fourth-order valence-corrected chi connectivity index (χ4v) is 2.72. The predicted molar refractivity (Wildman–Crippen MR) is 106 cm³/mol. The van der Waals surface area contributed by atoms with Gasteiger partial charge in [-0.25, -0.2) is 0 Å². The van der Waals surface area contributed by atoms with Gasteiger partial charge in [-0.15, -0.1) is 0 Å². The van der Waals surface area contributed by atoms with E-state index >= 15 is 0 Å². The normalized spacial score (nSPS) is 10.4. The molecule has 0 unspecified atom stereocenters. The Labute approximate surface area is 170 Å². The average molecular weight is 405 g/mol. The van der Waals surface area contributed by atoms with Crippen molar-refractivity contribution >= 4 is 6.41 Å². The van der Waals surface area contributed by atoms with Gasteiger partial charge in [0.15, 0.2) is 25.1 Å². The van der Waals surface area contributed by atoms with Gasteiger partial charge >= 0.3 is 0 Å². The van der Waals surface area contributed by atoms with Gasteiger partial charge in [0.05, 0.1) is 7.11 Å². The minimum Gasteiger partial charge on any atom is -0.508 e. The first-order valence-corrected chi connectivity index (χ1v) is 9.02. The lowest BCUT2D eigenvalue weighted by molar-refractivity contribution is -0.118. The van der Waals surface area contributed by atoms with E-state index in [1.165, 1.54) is 21.3 Å². The van der Waals surface area contributed by atoms with E-state index in [1.54, 1.807) is 29.2 Å². The molecule has 0 saturated carbocycles. The summed E-state index contributed by atoms with van der Waals surface area (Å²) in [6, 6.07) is 10.5. The highest BCUT2D eigenvalue weighted by molar-refractivity contribution is 5.55. The van der Waals surface area contributed by atoms with Crippen molar-refractivity contribution in [2.45, 2.75) is 13.0 Å². The smallest absolute Gasteiger partial charge is 0.210 e. The van der Waals surface area contributed by atoms with Crippen LogP contribution in [0, 0.1) is 0 Å². The molecule has 0 saturated heterocycles. The molecule has 0 aliphatic heterocycles. The van der Waals surface area contributed by atoms with E-state index in [0.717, 1.165) is 17.5 Å². The summed E-state index contributed by atoms with van der Waals surface area (Å²) in [6.45, 7) is 0.963. The monoisotopic (exact) mass is 405 g/mol. The van der Waals surface area contributed by atoms with Gasteiger partial charge in [-0.2, -0.15) is 0 Å². The van der Waals surface area contributed by atoms with Gasteiger partial charge in [0.25, 0.3) is 0 Å². The SMILES string of the molecule is COCOc1cc(CN(C=O)CCc2ccc(O)cc2)cc(OCOC)c1OC. The summed E-state index contributed by atoms with van der Waals surface area (Å²) < 4.78 is 26.6. The number of amides is 1. The number of phenols is 1. The average Bonchev–Trinajstić information content (AvgIpc) is 2.74. The Hall–Kier alpha value is -2.97. The number of phenolic OH excluding ortho intramolecular Hbond substituents is 1. The highest BCUT2D eigenvalue weighted by Gasteiger charge is 2.16. The van der Waals surface area contributed by atoms with Gasteiger partial charge < -0.3 is 33.7 Å². The number of ether oxygens (including phenoxy) is 5. The Bertz CT molecular complexity index is 735. The van der Waals surface area contributed by atoms with E-state index in [1.807, 2.05) is 12.1 Å². The number of benzene rings is 2. The van der Waals surface area contributed by atoms with Crippen molar-refractivity contribution in [3.63, 3.8) is 0 Å². The lowest BCUT2D eigenvalue weighted by Gasteiger charge is -2.20. The summed E-state index contributed by atoms with van der Waals surface area (Å²) in [5.41, 5.74) is 1.83. The van der Waals surface area contributed by atoms with Crippen molar-refractivity contribution in [1.82, 2.24) is 4.90 Å². The summed E-state index contributed by atoms with van der Waals surface area (Å²) in [5, 5.41) is 9.37. The summed E-state index contributed by atoms with van der Waals surface area (Å²) in [4.78, 5) is 13.2. The molecule has 1 amide bonds. The van der Waals surface area contributed by atoms with Crippen LogP contribution in [-0.2, 0) is 27.2 Å². The van der Waals surface area contributed by atoms with E-state index in [9.17, 15) is 9.90 Å². The van der Waals surface area contributed by atoms with Gasteiger partial charge in [-0.3, -0.25) is 4.79 Å². The van der Waals surface area contributed by atoms with Crippen molar-refractivity contribution in [3.05, 3.63) is 47.5 Å². The minimum absolute atomic E-state index is 0.0434. The van der Waals surface area contributed by atoms with Crippen LogP contribution in [0.2, 0.25) is 0 Å². The van der Waals surface area contributed by atoms with Gasteiger partial charge in [-0.1, -0.05) is 12.1 Å². The topological polar surface area (TPSA) is 86.7 Å². The van der Waals surface area contributed by atoms with E-state index in [-0.39, 0.29) is 19.3 Å². The minimum atomic E-state index is 0.0434. The van der Waals surface area contributed by atoms with Crippen molar-refractivity contribution in [3.8, 4) is 23.0 Å². The third kappa shape index (κ3) is 6.85. The van der Waals surface area contributed by atoms with Crippen LogP contribution < -0.4 is 14.2 Å². The van der Waals surface area contributed by atoms with E-state index in [0.29, 0.717) is 36.8 Å². The fourth-order valence-electron chi connectivity index (χ4n) is 2.72. The molecule has 0 aliphatic rings. The molecule has 0 fully saturated rings. The summed E-state index contributed by atoms with van der Waals surface area (Å²) >= 11 is 0. The number of carbonyl (C=O) groups excluding carboxylic acids is 1. The lowest BCUT2D eigenvalue weighted by atomic mass is 10.1. The summed E-state index contributed by atoms with van der Waals surface area (Å²) in [7, 11) is 4.57. The highest BCUT2D eigenvalue weighted by Crippen LogP contribution is 2.39. The maximum absolute atomic E-state index is 11.6. The van der Waals surface area contributed by atoms with Crippen LogP contribution in [0.25, 0.3) is 0 Å². The number of hydrogen-bond donors (Lipinski definition) is 1. The maximum atomic E-state index is 11.6. The molecule has 0 aliphatic carbocycles. The number of aromatic hydroxyl groups is 1. The van der Waals surface area contributed by atoms with Crippen LogP contribution >= 0.6 is 0 Å². The van der Waals surface area contributed by atoms with Crippen molar-refractivity contribution < 1.29 is 33.6 Å². The van der Waals surface area contributed by atoms with Crippen LogP contribution in [0.4, 0.5) is 0 Å². The standard InChI is InChI=1S/C21H27NO7/c1-25-14-28-19-10-17(11-20(21(19)27-3)29-15-26-2)12-22(13-23)9-8-16-4-6-18(24)7-5-16/h4-7,10-11,13,24H,8-9,12,14-15H2,1-3H3. The van der Waals surface area contributed by atoms with Crippen LogP contribution in [0.3, 0.4) is 0 Å². The molecule has 1 N–H and O–H groups in total. The molecule has 0 heterocycles. The molecule has 8 heteroatoms. The third-order valence-electron chi connectivity index (χ3n) is 4.11. The number of hydrogen-bond acceptors (Lipinski definition) is 7. The van der Waals surface area contributed by atoms with Gasteiger partial charge in [0.2, 0.25) is 12.2 Å². The van der Waals surface area contributed by atoms with Crippen molar-refractivity contribution in [2.24, 2.45) is 0 Å². The van der Waals surface area contributed by atoms with Crippen molar-refractivity contribution in [1.29, 1.82) is 0 Å². The van der Waals surface area contributed by atoms with Crippen LogP contribution in [0.15, 0.2) is 36.4 Å². The number of methoxy groups -OCH3 is 3. The lowest BCUT2D eigenvalue weighted by Crippen LogP contribution is -2.24. The molecule has 8 nitrogen and oxygen atoms in total. The molecule has 2 aromatic rings. The first-order chi connectivity index (χ1) is 14.1. The predicted octanol–water partition coefficient (Wildman–Crippen LogP) is 2.57. The number of nitrogens with zero attached hydrogens (tertiary/aromatic N) is 1. The Morgan fingerprint density at radius 2 is 1.52 bits per heavy atom. The van der Waals surface area contributed by atoms with Gasteiger partial charge in [0.1, 0.15) is 5.75 Å². The molecule has 0 spiro atoms. The molecule has 0 bridgehead atoms. The molecule has 2 aromatic carbocycles. The quantitative estimate of drug-likeness (QED) is 0.405. The summed E-state index contributed by atoms with van der Waals surface area (Å²) in [5.74, 6) is 1.53. The van der Waals surface area contributed by atoms with Crippen LogP contribution in [-0.4, -0.2) is 57.9 Å². The Balaban J connectivity index is 2.16. The molecule has 2 rings (SSSR count). The fraction of sp³-hybridized carbons (Fsp3) is 0.381. The Kier molecular flexibility index (Phi) is 9.07. The first-order valence-electron chi connectivity index (χ1n) is 9.02. The van der Waals surface area contributed by atoms with Crippen molar-refractivity contribution in [2.75, 3.05) is 41.5 Å². The molecular weight excluding hydrogens is 378 g/mol. The zero-order chi connectivity index (χ0) is 21.1. The van der Waals surface area contributed by atoms with Gasteiger partial charge in [0, 0.05) is 27.3 Å². The molecule has 29 heavy (non-hydrogen) atoms. The summed E-state index contributed by atoms with van der Waals surface area (Å²) in [6.07, 6.45) is 1.46. The second-order valence-corrected chi connectivity index (χ2v) is 6.22. The van der Waals surface area contributed by atoms with E-state index < -0.39 is 0 Å². The Morgan fingerprint density at radius 3 is 2.00 bits per heavy atom. The van der Waals surface area contributed by atoms with Crippen LogP contribution in [0.1, 0.15) is 11.1 Å². The zero-order valence-electron chi connectivity index (χ0n) is 16.9. The number of rotatable bonds is 13. The first kappa shape index (κ1) is 22.3. The second-order valence-electron chi connectivity index (χ2n) is 6.22. The molecule has 0 radical (unpaired) electrons. The van der Waals surface area contributed by atoms with Crippen LogP contribution in [0.5, 0.6) is 23.0 Å². The highest BCUT2D eigenvalue weighted by atomic mass is 16.7. The van der Waals surface area contributed by atoms with E-state index in [2.05, 4.69) is 0 Å². The molecule has 0 atom stereocenters. The Morgan fingerprint density at radius 1 is 0.931 bits per heavy atom. The maximum Gasteiger partial charge on any atom is 0.210 e.